The third-order valence-corrected chi connectivity index (χ3v) is 4.65. The molecule has 4 N–H and O–H groups in total. The summed E-state index contributed by atoms with van der Waals surface area (Å²) >= 11 is 0. The maximum atomic E-state index is 12.4. The first-order valence-corrected chi connectivity index (χ1v) is 9.63. The van der Waals surface area contributed by atoms with Crippen LogP contribution in [0, 0.1) is 0 Å². The van der Waals surface area contributed by atoms with Crippen LogP contribution in [0.15, 0.2) is 27.8 Å². The monoisotopic (exact) mass is 419 g/mol. The highest BCUT2D eigenvalue weighted by Crippen LogP contribution is 2.27. The second-order valence-corrected chi connectivity index (χ2v) is 6.82. The molecule has 0 aliphatic rings. The second kappa shape index (κ2) is 10.4. The van der Waals surface area contributed by atoms with E-state index in [1.54, 1.807) is 26.3 Å². The van der Waals surface area contributed by atoms with Gasteiger partial charge in [-0.3, -0.25) is 19.1 Å². The number of nitrogen functional groups attached to an aromatic ring is 1. The van der Waals surface area contributed by atoms with E-state index in [0.29, 0.717) is 18.0 Å². The number of nitrogens with one attached hydrogen (secondary N) is 2. The van der Waals surface area contributed by atoms with Crippen molar-refractivity contribution in [1.29, 1.82) is 0 Å². The molecule has 0 aliphatic heterocycles. The first kappa shape index (κ1) is 22.9. The molecule has 0 unspecified atom stereocenters. The van der Waals surface area contributed by atoms with Crippen molar-refractivity contribution >= 4 is 17.4 Å². The van der Waals surface area contributed by atoms with Gasteiger partial charge in [0.25, 0.3) is 5.56 Å². The number of carbonyl (C=O) groups excluding carboxylic acids is 1. The second-order valence-electron chi connectivity index (χ2n) is 6.82. The van der Waals surface area contributed by atoms with Crippen molar-refractivity contribution in [3.63, 3.8) is 0 Å². The molecule has 0 radical (unpaired) electrons. The summed E-state index contributed by atoms with van der Waals surface area (Å²) < 4.78 is 11.8. The van der Waals surface area contributed by atoms with E-state index < -0.39 is 11.2 Å². The molecule has 0 aliphatic carbocycles. The number of unbranched alkanes of at least 4 members (excludes halogenated alkanes) is 1. The van der Waals surface area contributed by atoms with Crippen LogP contribution < -0.4 is 36.7 Å². The molecule has 30 heavy (non-hydrogen) atoms. The Labute approximate surface area is 174 Å². The molecule has 164 valence electrons. The lowest BCUT2D eigenvalue weighted by Crippen LogP contribution is -2.41. The Balaban J connectivity index is 2.09. The number of benzene rings is 1. The number of H-pyrrole nitrogens is 1. The van der Waals surface area contributed by atoms with Gasteiger partial charge < -0.3 is 25.4 Å². The van der Waals surface area contributed by atoms with Crippen molar-refractivity contribution in [2.24, 2.45) is 0 Å². The average Bonchev–Trinajstić information content (AvgIpc) is 2.71. The number of carbonyl (C=O) groups is 1. The van der Waals surface area contributed by atoms with Crippen molar-refractivity contribution in [2.45, 2.75) is 32.9 Å². The Bertz CT molecular complexity index is 998. The van der Waals surface area contributed by atoms with Crippen LogP contribution >= 0.6 is 0 Å². The van der Waals surface area contributed by atoms with Crippen molar-refractivity contribution in [1.82, 2.24) is 14.9 Å². The average molecular weight is 419 g/mol. The van der Waals surface area contributed by atoms with Crippen LogP contribution in [0.5, 0.6) is 11.5 Å². The number of aromatic amines is 1. The number of aromatic nitrogens is 2. The van der Waals surface area contributed by atoms with Crippen LogP contribution in [-0.2, 0) is 17.9 Å². The maximum absolute atomic E-state index is 12.4. The number of ether oxygens (including phenoxy) is 2. The van der Waals surface area contributed by atoms with Crippen LogP contribution in [0.4, 0.5) is 11.5 Å². The van der Waals surface area contributed by atoms with Gasteiger partial charge in [-0.2, -0.15) is 0 Å². The van der Waals surface area contributed by atoms with Crippen LogP contribution in [-0.4, -0.2) is 43.3 Å². The number of anilines is 2. The largest absolute Gasteiger partial charge is 0.493 e. The number of rotatable bonds is 10. The molecular weight excluding hydrogens is 390 g/mol. The molecule has 0 atom stereocenters. The van der Waals surface area contributed by atoms with E-state index in [-0.39, 0.29) is 30.5 Å². The van der Waals surface area contributed by atoms with E-state index in [2.05, 4.69) is 10.3 Å². The Hall–Kier alpha value is -3.43. The minimum Gasteiger partial charge on any atom is -0.493 e. The van der Waals surface area contributed by atoms with Gasteiger partial charge in [-0.1, -0.05) is 19.4 Å². The van der Waals surface area contributed by atoms with E-state index in [9.17, 15) is 14.4 Å². The van der Waals surface area contributed by atoms with E-state index in [0.717, 1.165) is 18.4 Å². The van der Waals surface area contributed by atoms with Crippen LogP contribution in [0.25, 0.3) is 0 Å². The highest BCUT2D eigenvalue weighted by molar-refractivity contribution is 5.82. The maximum Gasteiger partial charge on any atom is 0.330 e. The number of hydrogen-bond acceptors (Lipinski definition) is 7. The van der Waals surface area contributed by atoms with Gasteiger partial charge in [0, 0.05) is 20.1 Å². The zero-order chi connectivity index (χ0) is 22.3. The van der Waals surface area contributed by atoms with E-state index in [1.807, 2.05) is 13.0 Å². The summed E-state index contributed by atoms with van der Waals surface area (Å²) in [4.78, 5) is 40.4. The predicted octanol–water partition coefficient (Wildman–Crippen LogP) is 0.689. The molecule has 2 aromatic rings. The van der Waals surface area contributed by atoms with Gasteiger partial charge in [0.1, 0.15) is 11.5 Å². The molecule has 0 saturated carbocycles. The van der Waals surface area contributed by atoms with E-state index in [1.165, 1.54) is 16.6 Å². The lowest BCUT2D eigenvalue weighted by molar-refractivity contribution is -0.119. The zero-order valence-corrected chi connectivity index (χ0v) is 17.8. The van der Waals surface area contributed by atoms with E-state index >= 15 is 0 Å². The minimum absolute atomic E-state index is 0.0485. The summed E-state index contributed by atoms with van der Waals surface area (Å²) in [5.41, 5.74) is 5.81. The lowest BCUT2D eigenvalue weighted by atomic mass is 10.2. The van der Waals surface area contributed by atoms with Gasteiger partial charge >= 0.3 is 5.69 Å². The summed E-state index contributed by atoms with van der Waals surface area (Å²) in [6, 6.07) is 5.35. The predicted molar refractivity (Wildman–Crippen MR) is 115 cm³/mol. The summed E-state index contributed by atoms with van der Waals surface area (Å²) in [5.74, 6) is 0.903. The van der Waals surface area contributed by atoms with Crippen molar-refractivity contribution < 1.29 is 14.3 Å². The molecule has 10 heteroatoms. The zero-order valence-electron chi connectivity index (χ0n) is 17.8. The SMILES string of the molecule is CCCCn1c(N)c(N(C)CC(=O)NCc2ccc(OC)c(OC)c2)c(=O)[nH]c1=O. The molecule has 1 amide bonds. The molecule has 2 rings (SSSR count). The fourth-order valence-corrected chi connectivity index (χ4v) is 3.03. The summed E-state index contributed by atoms with van der Waals surface area (Å²) in [5, 5.41) is 2.79. The van der Waals surface area contributed by atoms with Gasteiger partial charge in [-0.15, -0.1) is 0 Å². The molecule has 1 aromatic carbocycles. The van der Waals surface area contributed by atoms with E-state index in [4.69, 9.17) is 15.2 Å². The summed E-state index contributed by atoms with van der Waals surface area (Å²) in [6.07, 6.45) is 1.61. The molecule has 10 nitrogen and oxygen atoms in total. The molecule has 0 fully saturated rings. The number of nitrogens with zero attached hydrogens (tertiary/aromatic N) is 2. The third-order valence-electron chi connectivity index (χ3n) is 4.65. The molecule has 0 saturated heterocycles. The number of likely N-dealkylation sites (N-methyl/N-ethyl adjacent to an activating group) is 1. The number of amides is 1. The number of methoxy groups -OCH3 is 2. The van der Waals surface area contributed by atoms with Gasteiger partial charge in [-0.05, 0) is 24.1 Å². The lowest BCUT2D eigenvalue weighted by Gasteiger charge is -2.21. The molecule has 1 aromatic heterocycles. The van der Waals surface area contributed by atoms with Gasteiger partial charge in [-0.25, -0.2) is 4.79 Å². The fourth-order valence-electron chi connectivity index (χ4n) is 3.03. The quantitative estimate of drug-likeness (QED) is 0.516. The topological polar surface area (TPSA) is 132 Å². The Morgan fingerprint density at radius 1 is 1.23 bits per heavy atom. The molecular formula is C20H29N5O5. The molecule has 0 spiro atoms. The highest BCUT2D eigenvalue weighted by atomic mass is 16.5. The Kier molecular flexibility index (Phi) is 7.90. The standard InChI is InChI=1S/C20H29N5O5/c1-5-6-9-25-18(21)17(19(27)23-20(25)28)24(2)12-16(26)22-11-13-7-8-14(29-3)15(10-13)30-4/h7-8,10H,5-6,9,11-12,21H2,1-4H3,(H,22,26)(H,23,27,28). The summed E-state index contributed by atoms with van der Waals surface area (Å²) in [7, 11) is 4.66. The van der Waals surface area contributed by atoms with Crippen LogP contribution in [0.3, 0.4) is 0 Å². The van der Waals surface area contributed by atoms with Crippen molar-refractivity contribution in [3.05, 3.63) is 44.6 Å². The molecule has 0 bridgehead atoms. The van der Waals surface area contributed by atoms with Gasteiger partial charge in [0.15, 0.2) is 11.5 Å². The van der Waals surface area contributed by atoms with Crippen LogP contribution in [0.2, 0.25) is 0 Å². The third kappa shape index (κ3) is 5.34. The van der Waals surface area contributed by atoms with Crippen LogP contribution in [0.1, 0.15) is 25.3 Å². The van der Waals surface area contributed by atoms with Crippen molar-refractivity contribution in [2.75, 3.05) is 38.4 Å². The number of nitrogens with two attached hydrogens (primary N) is 1. The smallest absolute Gasteiger partial charge is 0.330 e. The summed E-state index contributed by atoms with van der Waals surface area (Å²) in [6.45, 7) is 2.55. The Morgan fingerprint density at radius 2 is 1.93 bits per heavy atom. The fraction of sp³-hybridized carbons (Fsp3) is 0.450. The van der Waals surface area contributed by atoms with Gasteiger partial charge in [0.2, 0.25) is 5.91 Å². The minimum atomic E-state index is -0.625. The normalized spacial score (nSPS) is 10.5. The first-order chi connectivity index (χ1) is 14.3. The number of hydrogen-bond donors (Lipinski definition) is 3. The molecule has 1 heterocycles. The van der Waals surface area contributed by atoms with Crippen molar-refractivity contribution in [3.8, 4) is 11.5 Å². The Morgan fingerprint density at radius 3 is 2.57 bits per heavy atom. The highest BCUT2D eigenvalue weighted by Gasteiger charge is 2.18. The van der Waals surface area contributed by atoms with Gasteiger partial charge in [0.05, 0.1) is 20.8 Å². The first-order valence-electron chi connectivity index (χ1n) is 9.63.